The van der Waals surface area contributed by atoms with Crippen LogP contribution in [0.1, 0.15) is 60.1 Å². The molecule has 2 aliphatic rings. The third-order valence-corrected chi connectivity index (χ3v) is 12.3. The Hall–Kier alpha value is -1.38. The normalized spacial score (nSPS) is 25.1. The summed E-state index contributed by atoms with van der Waals surface area (Å²) >= 11 is 0. The molecular weight excluding hydrogens is 356 g/mol. The number of fused-ring (bicyclic) bond motifs is 1. The van der Waals surface area contributed by atoms with Crippen LogP contribution in [0.2, 0.25) is 6.04 Å². The molecule has 28 heavy (non-hydrogen) atoms. The maximum atomic E-state index is 7.40. The highest BCUT2D eigenvalue weighted by atomic mass is 28.4. The fourth-order valence-corrected chi connectivity index (χ4v) is 12.6. The van der Waals surface area contributed by atoms with Gasteiger partial charge < -0.3 is 4.43 Å². The molecule has 0 radical (unpaired) electrons. The zero-order chi connectivity index (χ0) is 20.4. The molecule has 2 aromatic carbocycles. The Balaban J connectivity index is 2.00. The lowest BCUT2D eigenvalue weighted by Crippen LogP contribution is -2.62. The van der Waals surface area contributed by atoms with E-state index in [9.17, 15) is 0 Å². The molecule has 1 heterocycles. The second-order valence-corrected chi connectivity index (χ2v) is 13.7. The van der Waals surface area contributed by atoms with Crippen molar-refractivity contribution in [2.24, 2.45) is 11.3 Å². The Bertz CT molecular complexity index is 836. The van der Waals surface area contributed by atoms with Crippen molar-refractivity contribution in [1.29, 1.82) is 0 Å². The minimum absolute atomic E-state index is 0.290. The summed E-state index contributed by atoms with van der Waals surface area (Å²) in [6, 6.07) is 10.7. The van der Waals surface area contributed by atoms with Gasteiger partial charge in [-0.3, -0.25) is 0 Å². The highest BCUT2D eigenvalue weighted by Crippen LogP contribution is 2.52. The number of aryl methyl sites for hydroxylation is 6. The van der Waals surface area contributed by atoms with Gasteiger partial charge in [0.2, 0.25) is 0 Å². The molecule has 2 aromatic rings. The van der Waals surface area contributed by atoms with Gasteiger partial charge in [0, 0.05) is 0 Å². The van der Waals surface area contributed by atoms with Crippen molar-refractivity contribution in [3.63, 3.8) is 0 Å². The molecule has 2 heteroatoms. The van der Waals surface area contributed by atoms with E-state index in [1.165, 1.54) is 52.3 Å². The number of benzene rings is 2. The van der Waals surface area contributed by atoms with E-state index in [4.69, 9.17) is 4.43 Å². The van der Waals surface area contributed by atoms with Gasteiger partial charge in [-0.15, -0.1) is 0 Å². The Morgan fingerprint density at radius 2 is 1.21 bits per heavy atom. The zero-order valence-electron chi connectivity index (χ0n) is 19.0. The molecule has 1 aliphatic heterocycles. The highest BCUT2D eigenvalue weighted by molar-refractivity contribution is 6.99. The SMILES string of the molecule is Cc1cc(C)c([Si]2(c3c(C)cc(C)cc3C)C[C@@H]3CCC(C)(C)[C@@H]3O2)c(C)c1. The second kappa shape index (κ2) is 6.57. The van der Waals surface area contributed by atoms with Crippen LogP contribution in [0.5, 0.6) is 0 Å². The molecule has 2 atom stereocenters. The van der Waals surface area contributed by atoms with Crippen molar-refractivity contribution in [3.05, 3.63) is 57.6 Å². The maximum absolute atomic E-state index is 7.40. The molecule has 0 aromatic heterocycles. The largest absolute Gasteiger partial charge is 0.404 e. The number of rotatable bonds is 2. The van der Waals surface area contributed by atoms with Crippen molar-refractivity contribution < 1.29 is 4.43 Å². The standard InChI is InChI=1S/C26H36OSi/c1-16-11-18(3)23(19(4)12-16)28(24-20(5)13-17(2)14-21(24)6)15-22-9-10-26(7,8)25(22)27-28/h11-14,22,25H,9-10,15H2,1-8H3/t22-,25+/m0/s1. The van der Waals surface area contributed by atoms with Crippen LogP contribution in [0, 0.1) is 52.9 Å². The first-order valence-corrected chi connectivity index (χ1v) is 13.0. The fraction of sp³-hybridized carbons (Fsp3) is 0.538. The summed E-state index contributed by atoms with van der Waals surface area (Å²) in [4.78, 5) is 0. The van der Waals surface area contributed by atoms with Gasteiger partial charge in [-0.2, -0.15) is 0 Å². The molecule has 0 bridgehead atoms. The first kappa shape index (κ1) is 19.9. The summed E-state index contributed by atoms with van der Waals surface area (Å²) < 4.78 is 7.40. The first-order valence-electron chi connectivity index (χ1n) is 10.9. The van der Waals surface area contributed by atoms with Gasteiger partial charge in [-0.05, 0) is 104 Å². The summed E-state index contributed by atoms with van der Waals surface area (Å²) in [7, 11) is -2.29. The van der Waals surface area contributed by atoms with Crippen LogP contribution in [0.4, 0.5) is 0 Å². The van der Waals surface area contributed by atoms with Crippen LogP contribution in [0.3, 0.4) is 0 Å². The van der Waals surface area contributed by atoms with E-state index in [0.29, 0.717) is 17.4 Å². The topological polar surface area (TPSA) is 9.23 Å². The van der Waals surface area contributed by atoms with Crippen molar-refractivity contribution in [2.45, 2.75) is 80.4 Å². The molecule has 2 fully saturated rings. The van der Waals surface area contributed by atoms with Crippen LogP contribution in [-0.2, 0) is 4.43 Å². The van der Waals surface area contributed by atoms with Gasteiger partial charge >= 0.3 is 0 Å². The monoisotopic (exact) mass is 392 g/mol. The Kier molecular flexibility index (Phi) is 4.67. The van der Waals surface area contributed by atoms with Gasteiger partial charge in [0.1, 0.15) is 0 Å². The summed E-state index contributed by atoms with van der Waals surface area (Å²) in [5, 5.41) is 3.11. The van der Waals surface area contributed by atoms with E-state index in [2.05, 4.69) is 79.7 Å². The molecule has 0 N–H and O–H groups in total. The lowest BCUT2D eigenvalue weighted by molar-refractivity contribution is 0.0983. The quantitative estimate of drug-likeness (QED) is 0.619. The van der Waals surface area contributed by atoms with Crippen LogP contribution < -0.4 is 10.4 Å². The van der Waals surface area contributed by atoms with Crippen LogP contribution >= 0.6 is 0 Å². The molecule has 0 spiro atoms. The van der Waals surface area contributed by atoms with Crippen LogP contribution in [-0.4, -0.2) is 14.4 Å². The Labute approximate surface area is 172 Å². The van der Waals surface area contributed by atoms with Crippen LogP contribution in [0.25, 0.3) is 0 Å². The average molecular weight is 393 g/mol. The zero-order valence-corrected chi connectivity index (χ0v) is 20.0. The summed E-state index contributed by atoms with van der Waals surface area (Å²) in [6.07, 6.45) is 3.02. The molecule has 0 unspecified atom stereocenters. The van der Waals surface area contributed by atoms with E-state index >= 15 is 0 Å². The van der Waals surface area contributed by atoms with Crippen molar-refractivity contribution >= 4 is 18.7 Å². The number of hydrogen-bond acceptors (Lipinski definition) is 1. The fourth-order valence-electron chi connectivity index (χ4n) is 6.67. The lowest BCUT2D eigenvalue weighted by atomic mass is 9.88. The van der Waals surface area contributed by atoms with E-state index < -0.39 is 8.32 Å². The molecule has 1 nitrogen and oxygen atoms in total. The molecule has 4 rings (SSSR count). The lowest BCUT2D eigenvalue weighted by Gasteiger charge is -2.37. The van der Waals surface area contributed by atoms with E-state index in [0.717, 1.165) is 0 Å². The molecule has 1 saturated carbocycles. The minimum Gasteiger partial charge on any atom is -0.404 e. The Morgan fingerprint density at radius 1 is 0.786 bits per heavy atom. The van der Waals surface area contributed by atoms with Crippen LogP contribution in [0.15, 0.2) is 24.3 Å². The maximum Gasteiger partial charge on any atom is 0.257 e. The van der Waals surface area contributed by atoms with E-state index in [-0.39, 0.29) is 0 Å². The van der Waals surface area contributed by atoms with Gasteiger partial charge in [0.25, 0.3) is 8.32 Å². The minimum atomic E-state index is -2.29. The molecule has 150 valence electrons. The van der Waals surface area contributed by atoms with Gasteiger partial charge in [-0.1, -0.05) is 49.2 Å². The smallest absolute Gasteiger partial charge is 0.257 e. The van der Waals surface area contributed by atoms with Crippen molar-refractivity contribution in [3.8, 4) is 0 Å². The summed E-state index contributed by atoms with van der Waals surface area (Å²) in [6.45, 7) is 18.5. The molecule has 0 amide bonds. The first-order chi connectivity index (χ1) is 13.0. The van der Waals surface area contributed by atoms with Gasteiger partial charge in [0.05, 0.1) is 6.10 Å². The third-order valence-electron chi connectivity index (χ3n) is 7.40. The van der Waals surface area contributed by atoms with Gasteiger partial charge in [0.15, 0.2) is 0 Å². The number of hydrogen-bond donors (Lipinski definition) is 0. The second-order valence-electron chi connectivity index (χ2n) is 10.4. The predicted octanol–water partition coefficient (Wildman–Crippen LogP) is 5.43. The summed E-state index contributed by atoms with van der Waals surface area (Å²) in [5.41, 5.74) is 8.74. The molecule has 1 saturated heterocycles. The molecule has 1 aliphatic carbocycles. The van der Waals surface area contributed by atoms with Gasteiger partial charge in [-0.25, -0.2) is 0 Å². The van der Waals surface area contributed by atoms with Crippen molar-refractivity contribution in [2.75, 3.05) is 0 Å². The summed E-state index contributed by atoms with van der Waals surface area (Å²) in [5.74, 6) is 0.710. The van der Waals surface area contributed by atoms with Crippen molar-refractivity contribution in [1.82, 2.24) is 0 Å². The van der Waals surface area contributed by atoms with E-state index in [1.807, 2.05) is 0 Å². The van der Waals surface area contributed by atoms with E-state index in [1.54, 1.807) is 10.4 Å². The Morgan fingerprint density at radius 3 is 1.61 bits per heavy atom. The highest BCUT2D eigenvalue weighted by Gasteiger charge is 2.59. The molecular formula is C26H36OSi. The predicted molar refractivity (Wildman–Crippen MR) is 123 cm³/mol. The average Bonchev–Trinajstić information content (AvgIpc) is 3.03. The third kappa shape index (κ3) is 2.92.